The Balaban J connectivity index is 1.57. The lowest BCUT2D eigenvalue weighted by atomic mass is 9.95. The summed E-state index contributed by atoms with van der Waals surface area (Å²) in [7, 11) is 1.76. The Morgan fingerprint density at radius 3 is 2.50 bits per heavy atom. The minimum atomic E-state index is -0.237. The molecule has 1 aliphatic carbocycles. The molecule has 0 heterocycles. The smallest absolute Gasteiger partial charge is 0.317 e. The van der Waals surface area contributed by atoms with Crippen LogP contribution in [0.4, 0.5) is 9.18 Å². The predicted molar refractivity (Wildman–Crippen MR) is 96.3 cm³/mol. The van der Waals surface area contributed by atoms with Gasteiger partial charge in [0.05, 0.1) is 0 Å². The van der Waals surface area contributed by atoms with Gasteiger partial charge >= 0.3 is 6.03 Å². The number of hydrogen-bond donors (Lipinski definition) is 1. The number of rotatable bonds is 5. The van der Waals surface area contributed by atoms with Gasteiger partial charge in [0, 0.05) is 30.0 Å². The Kier molecular flexibility index (Phi) is 4.90. The van der Waals surface area contributed by atoms with Gasteiger partial charge in [0.2, 0.25) is 0 Å². The SMILES string of the molecule is CN(Cc1ccc(Br)cc1)C(=O)NCC1(c2ccccc2F)CC1. The van der Waals surface area contributed by atoms with Crippen LogP contribution in [0.2, 0.25) is 0 Å². The largest absolute Gasteiger partial charge is 0.337 e. The fraction of sp³-hybridized carbons (Fsp3) is 0.316. The summed E-state index contributed by atoms with van der Waals surface area (Å²) in [5.41, 5.74) is 1.53. The molecule has 0 atom stereocenters. The molecule has 1 saturated carbocycles. The average molecular weight is 391 g/mol. The summed E-state index contributed by atoms with van der Waals surface area (Å²) >= 11 is 3.40. The molecule has 2 aromatic carbocycles. The number of urea groups is 1. The molecule has 1 fully saturated rings. The molecule has 24 heavy (non-hydrogen) atoms. The molecule has 0 aromatic heterocycles. The lowest BCUT2D eigenvalue weighted by molar-refractivity contribution is 0.205. The van der Waals surface area contributed by atoms with E-state index >= 15 is 0 Å². The number of nitrogens with one attached hydrogen (secondary N) is 1. The van der Waals surface area contributed by atoms with Gasteiger partial charge in [0.25, 0.3) is 0 Å². The molecule has 2 amide bonds. The maximum absolute atomic E-state index is 14.0. The first kappa shape index (κ1) is 17.0. The van der Waals surface area contributed by atoms with Crippen molar-refractivity contribution in [3.8, 4) is 0 Å². The molecule has 0 saturated heterocycles. The van der Waals surface area contributed by atoms with Gasteiger partial charge < -0.3 is 10.2 Å². The van der Waals surface area contributed by atoms with Gasteiger partial charge in [0.15, 0.2) is 0 Å². The van der Waals surface area contributed by atoms with Crippen LogP contribution in [0.1, 0.15) is 24.0 Å². The number of carbonyl (C=O) groups excluding carboxylic acids is 1. The Morgan fingerprint density at radius 2 is 1.88 bits per heavy atom. The van der Waals surface area contributed by atoms with Crippen molar-refractivity contribution in [3.63, 3.8) is 0 Å². The molecule has 0 radical (unpaired) electrons. The van der Waals surface area contributed by atoms with Crippen LogP contribution in [0.3, 0.4) is 0 Å². The van der Waals surface area contributed by atoms with Gasteiger partial charge in [-0.1, -0.05) is 46.3 Å². The first-order valence-corrected chi connectivity index (χ1v) is 8.78. The highest BCUT2D eigenvalue weighted by Gasteiger charge is 2.46. The van der Waals surface area contributed by atoms with Gasteiger partial charge in [-0.05, 0) is 42.2 Å². The third-order valence-corrected chi connectivity index (χ3v) is 5.09. The van der Waals surface area contributed by atoms with Crippen LogP contribution in [-0.4, -0.2) is 24.5 Å². The van der Waals surface area contributed by atoms with Crippen molar-refractivity contribution in [1.82, 2.24) is 10.2 Å². The quantitative estimate of drug-likeness (QED) is 0.802. The van der Waals surface area contributed by atoms with Crippen LogP contribution >= 0.6 is 15.9 Å². The average Bonchev–Trinajstić information content (AvgIpc) is 3.36. The minimum absolute atomic E-state index is 0.138. The van der Waals surface area contributed by atoms with Crippen LogP contribution < -0.4 is 5.32 Å². The van der Waals surface area contributed by atoms with E-state index in [9.17, 15) is 9.18 Å². The van der Waals surface area contributed by atoms with Crippen molar-refractivity contribution in [2.45, 2.75) is 24.8 Å². The van der Waals surface area contributed by atoms with E-state index in [2.05, 4.69) is 21.2 Å². The molecular weight excluding hydrogens is 371 g/mol. The van der Waals surface area contributed by atoms with Gasteiger partial charge in [0.1, 0.15) is 5.82 Å². The highest BCUT2D eigenvalue weighted by molar-refractivity contribution is 9.10. The minimum Gasteiger partial charge on any atom is -0.337 e. The highest BCUT2D eigenvalue weighted by Crippen LogP contribution is 2.48. The number of carbonyl (C=O) groups is 1. The third-order valence-electron chi connectivity index (χ3n) is 4.56. The van der Waals surface area contributed by atoms with E-state index in [1.54, 1.807) is 18.0 Å². The van der Waals surface area contributed by atoms with E-state index in [1.807, 2.05) is 36.4 Å². The van der Waals surface area contributed by atoms with E-state index in [1.165, 1.54) is 6.07 Å². The second-order valence-corrected chi connectivity index (χ2v) is 7.32. The van der Waals surface area contributed by atoms with Gasteiger partial charge in [-0.15, -0.1) is 0 Å². The van der Waals surface area contributed by atoms with E-state index in [0.29, 0.717) is 18.7 Å². The Morgan fingerprint density at radius 1 is 1.21 bits per heavy atom. The molecule has 3 rings (SSSR count). The van der Waals surface area contributed by atoms with Gasteiger partial charge in [-0.3, -0.25) is 0 Å². The van der Waals surface area contributed by atoms with Crippen molar-refractivity contribution in [2.75, 3.05) is 13.6 Å². The monoisotopic (exact) mass is 390 g/mol. The van der Waals surface area contributed by atoms with Gasteiger partial charge in [-0.2, -0.15) is 0 Å². The molecular formula is C19H20BrFN2O. The van der Waals surface area contributed by atoms with Crippen LogP contribution in [0.5, 0.6) is 0 Å². The van der Waals surface area contributed by atoms with Crippen molar-refractivity contribution in [1.29, 1.82) is 0 Å². The number of amides is 2. The number of hydrogen-bond acceptors (Lipinski definition) is 1. The van der Waals surface area contributed by atoms with Crippen molar-refractivity contribution in [3.05, 3.63) is 69.9 Å². The highest BCUT2D eigenvalue weighted by atomic mass is 79.9. The van der Waals surface area contributed by atoms with Gasteiger partial charge in [-0.25, -0.2) is 9.18 Å². The van der Waals surface area contributed by atoms with E-state index in [4.69, 9.17) is 0 Å². The van der Waals surface area contributed by atoms with E-state index in [-0.39, 0.29) is 17.3 Å². The van der Waals surface area contributed by atoms with Crippen LogP contribution in [0.15, 0.2) is 53.0 Å². The molecule has 2 aromatic rings. The van der Waals surface area contributed by atoms with E-state index < -0.39 is 0 Å². The zero-order chi connectivity index (χ0) is 17.2. The fourth-order valence-electron chi connectivity index (χ4n) is 2.90. The summed E-state index contributed by atoms with van der Waals surface area (Å²) in [5, 5.41) is 2.95. The van der Waals surface area contributed by atoms with Crippen molar-refractivity contribution >= 4 is 22.0 Å². The Labute approximate surface area is 150 Å². The number of nitrogens with zero attached hydrogens (tertiary/aromatic N) is 1. The lowest BCUT2D eigenvalue weighted by Crippen LogP contribution is -2.40. The van der Waals surface area contributed by atoms with E-state index in [0.717, 1.165) is 22.9 Å². The summed E-state index contributed by atoms with van der Waals surface area (Å²) in [6.45, 7) is 1.00. The molecule has 0 unspecified atom stereocenters. The topological polar surface area (TPSA) is 32.3 Å². The summed E-state index contributed by atoms with van der Waals surface area (Å²) in [6, 6.07) is 14.6. The third kappa shape index (κ3) is 3.78. The number of benzene rings is 2. The van der Waals surface area contributed by atoms with Crippen LogP contribution in [-0.2, 0) is 12.0 Å². The molecule has 1 N–H and O–H groups in total. The summed E-state index contributed by atoms with van der Waals surface area (Å²) in [6.07, 6.45) is 1.81. The first-order valence-electron chi connectivity index (χ1n) is 7.99. The van der Waals surface area contributed by atoms with Crippen molar-refractivity contribution < 1.29 is 9.18 Å². The summed E-state index contributed by atoms with van der Waals surface area (Å²) in [4.78, 5) is 14.0. The molecule has 0 spiro atoms. The normalized spacial score (nSPS) is 15.0. The maximum Gasteiger partial charge on any atom is 0.317 e. The summed E-state index contributed by atoms with van der Waals surface area (Å²) in [5.74, 6) is -0.188. The standard InChI is InChI=1S/C19H20BrFN2O/c1-23(12-14-6-8-15(20)9-7-14)18(24)22-13-19(10-11-19)16-4-2-3-5-17(16)21/h2-9H,10-13H2,1H3,(H,22,24). The summed E-state index contributed by atoms with van der Waals surface area (Å²) < 4.78 is 15.0. The maximum atomic E-state index is 14.0. The van der Waals surface area contributed by atoms with Crippen molar-refractivity contribution in [2.24, 2.45) is 0 Å². The molecule has 0 aliphatic heterocycles. The predicted octanol–water partition coefficient (Wildman–Crippen LogP) is 4.46. The van der Waals surface area contributed by atoms with Crippen LogP contribution in [0, 0.1) is 5.82 Å². The molecule has 5 heteroatoms. The Bertz CT molecular complexity index is 728. The second kappa shape index (κ2) is 6.93. The molecule has 0 bridgehead atoms. The number of halogens is 2. The molecule has 1 aliphatic rings. The Hall–Kier alpha value is -1.88. The zero-order valence-corrected chi connectivity index (χ0v) is 15.1. The lowest BCUT2D eigenvalue weighted by Gasteiger charge is -2.22. The van der Waals surface area contributed by atoms with Crippen LogP contribution in [0.25, 0.3) is 0 Å². The fourth-order valence-corrected chi connectivity index (χ4v) is 3.16. The zero-order valence-electron chi connectivity index (χ0n) is 13.6. The molecule has 3 nitrogen and oxygen atoms in total. The first-order chi connectivity index (χ1) is 11.5. The second-order valence-electron chi connectivity index (χ2n) is 6.40. The molecule has 126 valence electrons.